The zero-order valence-electron chi connectivity index (χ0n) is 12.1. The van der Waals surface area contributed by atoms with Crippen molar-refractivity contribution in [2.45, 2.75) is 39.7 Å². The summed E-state index contributed by atoms with van der Waals surface area (Å²) in [5.74, 6) is 1.39. The van der Waals surface area contributed by atoms with E-state index in [1.165, 1.54) is 19.3 Å². The number of pyridine rings is 1. The number of fused-ring (bicyclic) bond motifs is 1. The van der Waals surface area contributed by atoms with Gasteiger partial charge in [-0.2, -0.15) is 9.97 Å². The van der Waals surface area contributed by atoms with Crippen LogP contribution in [0, 0.1) is 5.92 Å². The van der Waals surface area contributed by atoms with E-state index in [2.05, 4.69) is 16.9 Å². The highest BCUT2D eigenvalue weighted by molar-refractivity contribution is 5.73. The number of nitrogens with zero attached hydrogens (tertiary/aromatic N) is 3. The van der Waals surface area contributed by atoms with Crippen molar-refractivity contribution >= 4 is 11.2 Å². The second-order valence-electron chi connectivity index (χ2n) is 5.17. The summed E-state index contributed by atoms with van der Waals surface area (Å²) in [7, 11) is 0. The molecule has 1 fully saturated rings. The molecule has 0 radical (unpaired) electrons. The minimum atomic E-state index is 0.606. The minimum Gasteiger partial charge on any atom is -0.477 e. The maximum Gasteiger partial charge on any atom is 0.298 e. The van der Waals surface area contributed by atoms with E-state index in [1.54, 1.807) is 0 Å². The number of rotatable bonds is 6. The first-order chi connectivity index (χ1) is 9.81. The van der Waals surface area contributed by atoms with Crippen molar-refractivity contribution in [2.75, 3.05) is 13.2 Å². The molecule has 0 amide bonds. The number of aryl methyl sites for hydroxylation is 1. The first kappa shape index (κ1) is 13.2. The van der Waals surface area contributed by atoms with Crippen LogP contribution in [-0.4, -0.2) is 27.7 Å². The first-order valence-corrected chi connectivity index (χ1v) is 7.44. The summed E-state index contributed by atoms with van der Waals surface area (Å²) in [5.41, 5.74) is 1.69. The van der Waals surface area contributed by atoms with Crippen molar-refractivity contribution in [1.82, 2.24) is 14.5 Å². The van der Waals surface area contributed by atoms with E-state index in [1.807, 2.05) is 23.6 Å². The van der Waals surface area contributed by atoms with Crippen molar-refractivity contribution in [3.8, 4) is 11.9 Å². The maximum atomic E-state index is 5.79. The molecular weight excluding hydrogens is 254 g/mol. The summed E-state index contributed by atoms with van der Waals surface area (Å²) in [4.78, 5) is 9.04. The zero-order valence-corrected chi connectivity index (χ0v) is 12.1. The zero-order chi connectivity index (χ0) is 13.9. The summed E-state index contributed by atoms with van der Waals surface area (Å²) in [6, 6.07) is 4.48. The summed E-state index contributed by atoms with van der Waals surface area (Å²) in [6.07, 6.45) is 3.90. The van der Waals surface area contributed by atoms with Crippen LogP contribution >= 0.6 is 0 Å². The number of imidazole rings is 1. The van der Waals surface area contributed by atoms with Crippen LogP contribution < -0.4 is 9.47 Å². The van der Waals surface area contributed by atoms with E-state index in [0.717, 1.165) is 24.3 Å². The average Bonchev–Trinajstić information content (AvgIpc) is 2.74. The number of hydrogen-bond donors (Lipinski definition) is 0. The van der Waals surface area contributed by atoms with Crippen LogP contribution in [-0.2, 0) is 6.54 Å². The third-order valence-corrected chi connectivity index (χ3v) is 3.81. The molecule has 1 saturated carbocycles. The largest absolute Gasteiger partial charge is 0.477 e. The molecule has 1 aliphatic carbocycles. The molecule has 5 heteroatoms. The van der Waals surface area contributed by atoms with E-state index in [-0.39, 0.29) is 0 Å². The Morgan fingerprint density at radius 2 is 2.05 bits per heavy atom. The topological polar surface area (TPSA) is 49.2 Å². The minimum absolute atomic E-state index is 0.606. The van der Waals surface area contributed by atoms with Gasteiger partial charge in [0.25, 0.3) is 6.01 Å². The van der Waals surface area contributed by atoms with Crippen LogP contribution in [0.25, 0.3) is 11.2 Å². The third-order valence-electron chi connectivity index (χ3n) is 3.81. The standard InChI is InChI=1S/C15H21N3O2/c1-3-18-14-12(16-15(18)19-4-2)8-9-13(17-14)20-10-11-6-5-7-11/h8-9,11H,3-7,10H2,1-2H3. The van der Waals surface area contributed by atoms with Gasteiger partial charge in [-0.3, -0.25) is 4.57 Å². The molecule has 2 heterocycles. The lowest BCUT2D eigenvalue weighted by molar-refractivity contribution is 0.176. The highest BCUT2D eigenvalue weighted by Crippen LogP contribution is 2.27. The predicted octanol–water partition coefficient (Wildman–Crippen LogP) is 3.03. The third kappa shape index (κ3) is 2.44. The lowest BCUT2D eigenvalue weighted by Gasteiger charge is -2.24. The van der Waals surface area contributed by atoms with Gasteiger partial charge in [-0.15, -0.1) is 0 Å². The molecule has 0 aliphatic heterocycles. The first-order valence-electron chi connectivity index (χ1n) is 7.44. The Balaban J connectivity index is 1.84. The maximum absolute atomic E-state index is 5.79. The van der Waals surface area contributed by atoms with Crippen LogP contribution in [0.3, 0.4) is 0 Å². The van der Waals surface area contributed by atoms with Gasteiger partial charge in [-0.25, -0.2) is 0 Å². The Hall–Kier alpha value is -1.78. The van der Waals surface area contributed by atoms with E-state index in [0.29, 0.717) is 24.4 Å². The molecule has 3 rings (SSSR count). The van der Waals surface area contributed by atoms with Crippen LogP contribution in [0.5, 0.6) is 11.9 Å². The number of aromatic nitrogens is 3. The van der Waals surface area contributed by atoms with Gasteiger partial charge in [-0.05, 0) is 38.7 Å². The fourth-order valence-electron chi connectivity index (χ4n) is 2.43. The van der Waals surface area contributed by atoms with Gasteiger partial charge in [0.1, 0.15) is 5.52 Å². The molecule has 108 valence electrons. The Labute approximate surface area is 118 Å². The van der Waals surface area contributed by atoms with Crippen molar-refractivity contribution in [2.24, 2.45) is 5.92 Å². The van der Waals surface area contributed by atoms with Crippen LogP contribution in [0.2, 0.25) is 0 Å². The normalized spacial score (nSPS) is 15.3. The van der Waals surface area contributed by atoms with Gasteiger partial charge in [0.05, 0.1) is 13.2 Å². The van der Waals surface area contributed by atoms with E-state index in [9.17, 15) is 0 Å². The van der Waals surface area contributed by atoms with E-state index in [4.69, 9.17) is 9.47 Å². The molecule has 20 heavy (non-hydrogen) atoms. The summed E-state index contributed by atoms with van der Waals surface area (Å²) in [5, 5.41) is 0. The monoisotopic (exact) mass is 275 g/mol. The lowest BCUT2D eigenvalue weighted by atomic mass is 9.86. The Morgan fingerprint density at radius 3 is 2.70 bits per heavy atom. The molecule has 0 bridgehead atoms. The van der Waals surface area contributed by atoms with Gasteiger partial charge in [0.15, 0.2) is 5.65 Å². The number of ether oxygens (including phenoxy) is 2. The highest BCUT2D eigenvalue weighted by Gasteiger charge is 2.18. The van der Waals surface area contributed by atoms with Crippen LogP contribution in [0.1, 0.15) is 33.1 Å². The molecule has 0 aromatic carbocycles. The van der Waals surface area contributed by atoms with Crippen molar-refractivity contribution in [1.29, 1.82) is 0 Å². The smallest absolute Gasteiger partial charge is 0.298 e. The van der Waals surface area contributed by atoms with Crippen LogP contribution in [0.15, 0.2) is 12.1 Å². The molecule has 2 aromatic heterocycles. The van der Waals surface area contributed by atoms with Gasteiger partial charge < -0.3 is 9.47 Å². The van der Waals surface area contributed by atoms with Gasteiger partial charge in [0, 0.05) is 12.6 Å². The molecular formula is C15H21N3O2. The van der Waals surface area contributed by atoms with Crippen molar-refractivity contribution in [3.63, 3.8) is 0 Å². The van der Waals surface area contributed by atoms with Gasteiger partial charge in [-0.1, -0.05) is 6.42 Å². The fraction of sp³-hybridized carbons (Fsp3) is 0.600. The molecule has 0 unspecified atom stereocenters. The molecule has 0 atom stereocenters. The number of hydrogen-bond acceptors (Lipinski definition) is 4. The quantitative estimate of drug-likeness (QED) is 0.813. The second kappa shape index (κ2) is 5.69. The molecule has 1 aliphatic rings. The Morgan fingerprint density at radius 1 is 1.20 bits per heavy atom. The van der Waals surface area contributed by atoms with Gasteiger partial charge in [0.2, 0.25) is 5.88 Å². The van der Waals surface area contributed by atoms with Crippen molar-refractivity contribution in [3.05, 3.63) is 12.1 Å². The molecule has 0 N–H and O–H groups in total. The molecule has 2 aromatic rings. The average molecular weight is 275 g/mol. The molecule has 5 nitrogen and oxygen atoms in total. The SMILES string of the molecule is CCOc1nc2ccc(OCC3CCC3)nc2n1CC. The molecule has 0 saturated heterocycles. The van der Waals surface area contributed by atoms with Crippen molar-refractivity contribution < 1.29 is 9.47 Å². The fourth-order valence-corrected chi connectivity index (χ4v) is 2.43. The van der Waals surface area contributed by atoms with E-state index < -0.39 is 0 Å². The second-order valence-corrected chi connectivity index (χ2v) is 5.17. The highest BCUT2D eigenvalue weighted by atomic mass is 16.5. The summed E-state index contributed by atoms with van der Waals surface area (Å²) >= 11 is 0. The van der Waals surface area contributed by atoms with Gasteiger partial charge >= 0.3 is 0 Å². The molecule has 0 spiro atoms. The Bertz CT molecular complexity index is 590. The van der Waals surface area contributed by atoms with E-state index >= 15 is 0 Å². The van der Waals surface area contributed by atoms with Crippen LogP contribution in [0.4, 0.5) is 0 Å². The summed E-state index contributed by atoms with van der Waals surface area (Å²) in [6.45, 7) is 6.18. The lowest BCUT2D eigenvalue weighted by Crippen LogP contribution is -2.19. The summed E-state index contributed by atoms with van der Waals surface area (Å²) < 4.78 is 13.3. The Kier molecular flexibility index (Phi) is 3.76. The predicted molar refractivity (Wildman–Crippen MR) is 77.2 cm³/mol.